The molecule has 1 aromatic rings. The maximum Gasteiger partial charge on any atom is 0.264 e. The van der Waals surface area contributed by atoms with Crippen molar-refractivity contribution < 1.29 is 14.3 Å². The molecule has 0 atom stereocenters. The van der Waals surface area contributed by atoms with Gasteiger partial charge in [0.25, 0.3) is 5.91 Å². The molecule has 1 aromatic carbocycles. The second kappa shape index (κ2) is 3.58. The predicted molar refractivity (Wildman–Crippen MR) is 62.4 cm³/mol. The topological polar surface area (TPSA) is 46.6 Å². The van der Waals surface area contributed by atoms with Gasteiger partial charge in [0.1, 0.15) is 5.75 Å². The Labute approximate surface area is 99.2 Å². The van der Waals surface area contributed by atoms with Gasteiger partial charge in [-0.25, -0.2) is 0 Å². The van der Waals surface area contributed by atoms with Gasteiger partial charge in [-0.3, -0.25) is 9.59 Å². The number of hydrogen-bond acceptors (Lipinski definition) is 3. The smallest absolute Gasteiger partial charge is 0.264 e. The highest BCUT2D eigenvalue weighted by Crippen LogP contribution is 2.36. The predicted octanol–water partition coefficient (Wildman–Crippen LogP) is 1.63. The summed E-state index contributed by atoms with van der Waals surface area (Å²) in [6, 6.07) is 5.31. The number of fused-ring (bicyclic) bond motifs is 1. The zero-order valence-corrected chi connectivity index (χ0v) is 9.60. The number of benzene rings is 1. The first kappa shape index (κ1) is 10.3. The van der Waals surface area contributed by atoms with Gasteiger partial charge < -0.3 is 9.64 Å². The molecular formula is C13H13NO3. The zero-order chi connectivity index (χ0) is 12.0. The van der Waals surface area contributed by atoms with Gasteiger partial charge in [-0.1, -0.05) is 0 Å². The van der Waals surface area contributed by atoms with E-state index in [1.165, 1.54) is 0 Å². The van der Waals surface area contributed by atoms with Crippen molar-refractivity contribution in [3.8, 4) is 5.75 Å². The van der Waals surface area contributed by atoms with E-state index in [1.807, 2.05) is 0 Å². The molecule has 0 unspecified atom stereocenters. The van der Waals surface area contributed by atoms with Crippen LogP contribution >= 0.6 is 0 Å². The molecule has 0 saturated heterocycles. The molecule has 0 spiro atoms. The Bertz CT molecular complexity index is 505. The Hall–Kier alpha value is -1.84. The third kappa shape index (κ3) is 1.69. The van der Waals surface area contributed by atoms with Gasteiger partial charge in [0.05, 0.1) is 5.69 Å². The van der Waals surface area contributed by atoms with Crippen molar-refractivity contribution in [2.24, 2.45) is 5.92 Å². The Kier molecular flexibility index (Phi) is 2.18. The maximum absolute atomic E-state index is 11.9. The molecule has 2 aliphatic rings. The molecule has 1 amide bonds. The van der Waals surface area contributed by atoms with Crippen molar-refractivity contribution in [2.75, 3.05) is 18.6 Å². The largest absolute Gasteiger partial charge is 0.482 e. The van der Waals surface area contributed by atoms with E-state index in [-0.39, 0.29) is 24.2 Å². The highest BCUT2D eigenvalue weighted by molar-refractivity contribution is 6.03. The van der Waals surface area contributed by atoms with Crippen molar-refractivity contribution in [1.29, 1.82) is 0 Å². The van der Waals surface area contributed by atoms with Gasteiger partial charge in [0.2, 0.25) is 0 Å². The number of likely N-dealkylation sites (N-methyl/N-ethyl adjacent to an activating group) is 1. The molecule has 4 nitrogen and oxygen atoms in total. The lowest BCUT2D eigenvalue weighted by Gasteiger charge is -2.26. The maximum atomic E-state index is 11.9. The lowest BCUT2D eigenvalue weighted by Crippen LogP contribution is -2.35. The van der Waals surface area contributed by atoms with E-state index in [4.69, 9.17) is 4.74 Å². The number of carbonyl (C=O) groups excluding carboxylic acids is 2. The number of nitrogens with zero attached hydrogens (tertiary/aromatic N) is 1. The van der Waals surface area contributed by atoms with E-state index in [9.17, 15) is 9.59 Å². The number of rotatable bonds is 2. The van der Waals surface area contributed by atoms with Gasteiger partial charge in [-0.05, 0) is 31.0 Å². The van der Waals surface area contributed by atoms with E-state index in [2.05, 4.69) is 0 Å². The van der Waals surface area contributed by atoms with Crippen LogP contribution in [-0.4, -0.2) is 25.3 Å². The van der Waals surface area contributed by atoms with E-state index < -0.39 is 0 Å². The Morgan fingerprint density at radius 2 is 2.18 bits per heavy atom. The molecule has 0 radical (unpaired) electrons. The monoisotopic (exact) mass is 231 g/mol. The second-order valence-electron chi connectivity index (χ2n) is 4.56. The Morgan fingerprint density at radius 3 is 2.88 bits per heavy atom. The fourth-order valence-electron chi connectivity index (χ4n) is 2.01. The molecule has 1 saturated carbocycles. The summed E-state index contributed by atoms with van der Waals surface area (Å²) >= 11 is 0. The van der Waals surface area contributed by atoms with Gasteiger partial charge in [-0.15, -0.1) is 0 Å². The third-order valence-electron chi connectivity index (χ3n) is 3.28. The van der Waals surface area contributed by atoms with Crippen molar-refractivity contribution in [2.45, 2.75) is 12.8 Å². The first-order chi connectivity index (χ1) is 8.16. The van der Waals surface area contributed by atoms with Crippen LogP contribution in [0.4, 0.5) is 5.69 Å². The molecule has 1 fully saturated rings. The fourth-order valence-corrected chi connectivity index (χ4v) is 2.01. The summed E-state index contributed by atoms with van der Waals surface area (Å²) in [6.07, 6.45) is 1.97. The minimum Gasteiger partial charge on any atom is -0.482 e. The van der Waals surface area contributed by atoms with Crippen LogP contribution in [0.3, 0.4) is 0 Å². The van der Waals surface area contributed by atoms with Crippen molar-refractivity contribution in [3.63, 3.8) is 0 Å². The first-order valence-corrected chi connectivity index (χ1v) is 5.74. The van der Waals surface area contributed by atoms with Gasteiger partial charge in [0, 0.05) is 18.5 Å². The summed E-state index contributed by atoms with van der Waals surface area (Å²) in [6.45, 7) is 0.0689. The van der Waals surface area contributed by atoms with Crippen LogP contribution in [0.1, 0.15) is 23.2 Å². The standard InChI is InChI=1S/C13H13NO3/c1-14-10-6-9(13(16)8-2-3-8)4-5-11(10)17-7-12(14)15/h4-6,8H,2-3,7H2,1H3. The lowest BCUT2D eigenvalue weighted by molar-refractivity contribution is -0.120. The molecule has 1 aliphatic carbocycles. The molecule has 0 bridgehead atoms. The van der Waals surface area contributed by atoms with Gasteiger partial charge >= 0.3 is 0 Å². The molecule has 3 rings (SSSR count). The van der Waals surface area contributed by atoms with Gasteiger partial charge in [-0.2, -0.15) is 0 Å². The molecule has 1 heterocycles. The average molecular weight is 231 g/mol. The van der Waals surface area contributed by atoms with Crippen LogP contribution in [0, 0.1) is 5.92 Å². The number of ether oxygens (including phenoxy) is 1. The summed E-state index contributed by atoms with van der Waals surface area (Å²) in [4.78, 5) is 25.0. The van der Waals surface area contributed by atoms with Crippen molar-refractivity contribution in [3.05, 3.63) is 23.8 Å². The normalized spacial score (nSPS) is 18.6. The quantitative estimate of drug-likeness (QED) is 0.727. The summed E-state index contributed by atoms with van der Waals surface area (Å²) < 4.78 is 5.31. The van der Waals surface area contributed by atoms with E-state index in [1.54, 1.807) is 30.1 Å². The number of carbonyl (C=O) groups is 2. The summed E-state index contributed by atoms with van der Waals surface area (Å²) in [5.41, 5.74) is 1.36. The summed E-state index contributed by atoms with van der Waals surface area (Å²) in [5, 5.41) is 0. The minimum atomic E-state index is -0.0893. The SMILES string of the molecule is CN1C(=O)COc2ccc(C(=O)C3CC3)cc21. The highest BCUT2D eigenvalue weighted by Gasteiger charge is 2.31. The number of hydrogen-bond donors (Lipinski definition) is 0. The van der Waals surface area contributed by atoms with Crippen molar-refractivity contribution in [1.82, 2.24) is 0 Å². The molecule has 0 aromatic heterocycles. The van der Waals surface area contributed by atoms with Crippen LogP contribution in [0.25, 0.3) is 0 Å². The lowest BCUT2D eigenvalue weighted by atomic mass is 10.1. The molecule has 4 heteroatoms. The highest BCUT2D eigenvalue weighted by atomic mass is 16.5. The number of Topliss-reactive ketones (excluding diaryl/α,β-unsaturated/α-hetero) is 1. The van der Waals surface area contributed by atoms with Crippen molar-refractivity contribution >= 4 is 17.4 Å². The summed E-state index contributed by atoms with van der Waals surface area (Å²) in [5.74, 6) is 0.950. The zero-order valence-electron chi connectivity index (χ0n) is 9.60. The van der Waals surface area contributed by atoms with Crippen LogP contribution < -0.4 is 9.64 Å². The van der Waals surface area contributed by atoms with Crippen LogP contribution in [0.15, 0.2) is 18.2 Å². The summed E-state index contributed by atoms with van der Waals surface area (Å²) in [7, 11) is 1.70. The van der Waals surface area contributed by atoms with Gasteiger partial charge in [0.15, 0.2) is 12.4 Å². The third-order valence-corrected chi connectivity index (χ3v) is 3.28. The van der Waals surface area contributed by atoms with E-state index in [0.29, 0.717) is 17.0 Å². The molecule has 0 N–H and O–H groups in total. The van der Waals surface area contributed by atoms with E-state index >= 15 is 0 Å². The average Bonchev–Trinajstić information content (AvgIpc) is 3.17. The molecular weight excluding hydrogens is 218 g/mol. The number of anilines is 1. The molecule has 1 aliphatic heterocycles. The van der Waals surface area contributed by atoms with Crippen LogP contribution in [0.5, 0.6) is 5.75 Å². The van der Waals surface area contributed by atoms with Crippen LogP contribution in [-0.2, 0) is 4.79 Å². The number of ketones is 1. The minimum absolute atomic E-state index is 0.0689. The Morgan fingerprint density at radius 1 is 1.41 bits per heavy atom. The van der Waals surface area contributed by atoms with Crippen LogP contribution in [0.2, 0.25) is 0 Å². The second-order valence-corrected chi connectivity index (χ2v) is 4.56. The molecule has 17 heavy (non-hydrogen) atoms. The van der Waals surface area contributed by atoms with E-state index in [0.717, 1.165) is 12.8 Å². The Balaban J connectivity index is 1.99. The first-order valence-electron chi connectivity index (χ1n) is 5.74. The number of amides is 1. The fraction of sp³-hybridized carbons (Fsp3) is 0.385. The molecule has 88 valence electrons.